The van der Waals surface area contributed by atoms with Crippen molar-refractivity contribution in [2.24, 2.45) is 0 Å². The zero-order valence-electron chi connectivity index (χ0n) is 47.8. The van der Waals surface area contributed by atoms with E-state index in [1.54, 1.807) is 35.5 Å². The summed E-state index contributed by atoms with van der Waals surface area (Å²) in [6, 6.07) is 62.8. The first-order valence-electron chi connectivity index (χ1n) is 28.3. The monoisotopic (exact) mass is 1100 g/mol. The quantitative estimate of drug-likeness (QED) is 0.0687. The summed E-state index contributed by atoms with van der Waals surface area (Å²) in [6.07, 6.45) is 2.67. The van der Waals surface area contributed by atoms with E-state index in [4.69, 9.17) is 47.4 Å². The Morgan fingerprint density at radius 1 is 0.253 bits per heavy atom. The van der Waals surface area contributed by atoms with E-state index in [1.165, 1.54) is 0 Å². The molecule has 0 radical (unpaired) electrons. The zero-order chi connectivity index (χ0) is 56.8. The Morgan fingerprint density at radius 3 is 0.783 bits per heavy atom. The largest absolute Gasteiger partial charge is 0.496 e. The third kappa shape index (κ3) is 10.8. The highest BCUT2D eigenvalue weighted by atomic mass is 16.5. The van der Waals surface area contributed by atoms with E-state index in [9.17, 15) is 0 Å². The maximum absolute atomic E-state index is 6.73. The van der Waals surface area contributed by atoms with Crippen molar-refractivity contribution >= 4 is 43.1 Å². The average molecular weight is 1100 g/mol. The molecule has 0 saturated heterocycles. The fourth-order valence-electron chi connectivity index (χ4n) is 11.8. The lowest BCUT2D eigenvalue weighted by Gasteiger charge is -2.20. The first kappa shape index (κ1) is 54.1. The second-order valence-electron chi connectivity index (χ2n) is 20.6. The molecule has 0 aliphatic heterocycles. The molecule has 1 aliphatic rings. The smallest absolute Gasteiger partial charge is 0.161 e. The van der Waals surface area contributed by atoms with Crippen LogP contribution in [0.1, 0.15) is 46.7 Å². The topological polar surface area (TPSA) is 92.3 Å². The maximum atomic E-state index is 6.73. The molecule has 0 fully saturated rings. The molecule has 0 amide bonds. The highest BCUT2D eigenvalue weighted by Crippen LogP contribution is 2.48. The fraction of sp³-hybridized carbons (Fsp3) is 0.205. The Morgan fingerprint density at radius 2 is 0.494 bits per heavy atom. The molecule has 10 heteroatoms. The summed E-state index contributed by atoms with van der Waals surface area (Å²) in [7, 11) is 8.49. The summed E-state index contributed by atoms with van der Waals surface area (Å²) in [5.74, 6) is 6.89. The van der Waals surface area contributed by atoms with Crippen molar-refractivity contribution in [1.29, 1.82) is 0 Å². The van der Waals surface area contributed by atoms with Gasteiger partial charge in [0.2, 0.25) is 0 Å². The number of rotatable bonds is 20. The number of hydrogen-bond acceptors (Lipinski definition) is 10. The van der Waals surface area contributed by atoms with Gasteiger partial charge in [-0.05, 0) is 163 Å². The van der Waals surface area contributed by atoms with E-state index in [-0.39, 0.29) is 26.4 Å². The summed E-state index contributed by atoms with van der Waals surface area (Å²) < 4.78 is 63.4. The molecule has 0 unspecified atom stereocenters. The van der Waals surface area contributed by atoms with Crippen LogP contribution in [0.2, 0.25) is 0 Å². The molecule has 1 aliphatic carbocycles. The van der Waals surface area contributed by atoms with Gasteiger partial charge in [0.15, 0.2) is 34.5 Å². The molecule has 0 aromatic heterocycles. The molecule has 12 rings (SSSR count). The van der Waals surface area contributed by atoms with Crippen LogP contribution in [0.25, 0.3) is 65.3 Å². The van der Waals surface area contributed by atoms with E-state index < -0.39 is 0 Å². The molecule has 0 saturated carbocycles. The Hall–Kier alpha value is -9.54. The van der Waals surface area contributed by atoms with E-state index >= 15 is 0 Å². The molecule has 0 N–H and O–H groups in total. The molecule has 0 spiro atoms. The van der Waals surface area contributed by atoms with Crippen molar-refractivity contribution in [3.8, 4) is 79.7 Å². The van der Waals surface area contributed by atoms with Gasteiger partial charge < -0.3 is 47.4 Å². The second-order valence-corrected chi connectivity index (χ2v) is 20.6. The highest BCUT2D eigenvalue weighted by Gasteiger charge is 2.25. The predicted molar refractivity (Wildman–Crippen MR) is 332 cm³/mol. The van der Waals surface area contributed by atoms with E-state index in [0.717, 1.165) is 128 Å². The lowest BCUT2D eigenvalue weighted by atomic mass is 9.92. The van der Waals surface area contributed by atoms with Crippen molar-refractivity contribution in [2.45, 2.75) is 32.6 Å². The molecular weight excluding hydrogens is 1040 g/mol. The number of benzene rings is 11. The Kier molecular flexibility index (Phi) is 15.8. The van der Waals surface area contributed by atoms with Gasteiger partial charge in [-0.25, -0.2) is 0 Å². The molecule has 0 bridgehead atoms. The zero-order valence-corrected chi connectivity index (χ0v) is 47.8. The van der Waals surface area contributed by atoms with Gasteiger partial charge in [-0.2, -0.15) is 0 Å². The lowest BCUT2D eigenvalue weighted by molar-refractivity contribution is 0.211. The minimum Gasteiger partial charge on any atom is -0.496 e. The SMILES string of the molecule is CCCOc1cc2c(cc1OC)Cc1cc(OCCOc3ccc4ccccc4c3-c3c(OC)ccc4ccccc34)c(OC)cc1Cc1cc(OCCOc3ccc4ccccc4c3-c3c(OC)ccc4ccccc34)c(OC)cc1C2. The van der Waals surface area contributed by atoms with Crippen molar-refractivity contribution in [2.75, 3.05) is 68.6 Å². The summed E-state index contributed by atoms with van der Waals surface area (Å²) in [6.45, 7) is 3.71. The van der Waals surface area contributed by atoms with Crippen LogP contribution in [-0.2, 0) is 19.3 Å². The second kappa shape index (κ2) is 24.3. The van der Waals surface area contributed by atoms with Gasteiger partial charge in [0.25, 0.3) is 0 Å². The van der Waals surface area contributed by atoms with Crippen LogP contribution in [0, 0.1) is 0 Å². The summed E-state index contributed by atoms with van der Waals surface area (Å²) in [5, 5.41) is 8.73. The van der Waals surface area contributed by atoms with Crippen LogP contribution < -0.4 is 47.4 Å². The Labute approximate surface area is 484 Å². The van der Waals surface area contributed by atoms with Gasteiger partial charge in [0, 0.05) is 22.3 Å². The summed E-state index contributed by atoms with van der Waals surface area (Å²) in [4.78, 5) is 0. The molecule has 10 nitrogen and oxygen atoms in total. The maximum Gasteiger partial charge on any atom is 0.161 e. The number of ether oxygens (including phenoxy) is 10. The van der Waals surface area contributed by atoms with E-state index in [0.29, 0.717) is 60.4 Å². The van der Waals surface area contributed by atoms with Crippen LogP contribution >= 0.6 is 0 Å². The van der Waals surface area contributed by atoms with Gasteiger partial charge in [-0.15, -0.1) is 0 Å². The van der Waals surface area contributed by atoms with Gasteiger partial charge in [-0.3, -0.25) is 0 Å². The van der Waals surface area contributed by atoms with Gasteiger partial charge in [0.1, 0.15) is 49.4 Å². The molecule has 0 heterocycles. The number of methoxy groups -OCH3 is 5. The van der Waals surface area contributed by atoms with Crippen molar-refractivity contribution in [1.82, 2.24) is 0 Å². The van der Waals surface area contributed by atoms with Crippen LogP contribution in [0.4, 0.5) is 0 Å². The molecule has 0 atom stereocenters. The third-order valence-electron chi connectivity index (χ3n) is 15.8. The molecule has 83 heavy (non-hydrogen) atoms. The van der Waals surface area contributed by atoms with Crippen molar-refractivity contribution < 1.29 is 47.4 Å². The predicted octanol–water partition coefficient (Wildman–Crippen LogP) is 16.5. The minimum absolute atomic E-state index is 0.253. The van der Waals surface area contributed by atoms with Crippen LogP contribution in [0.15, 0.2) is 182 Å². The standard InChI is InChI=1S/C73H66O10/c1-7-32-79-67-43-53-37-51-41-65(77-5)69(83-36-34-81-63-31-27-49-19-11-15-23-59(49)73(63)71-57-21-13-9-17-47(57)25-29-61(71)75-3)45-55(51)39-52-42-66(78-6)68(44-54(52)38-50(53)40-64(67)76-4)82-35-33-80-62-30-26-48-18-10-14-22-58(48)72(62)70-56-20-12-8-16-46(56)24-28-60(70)74-2/h8-31,40-45H,7,32-39H2,1-6H3. The Balaban J connectivity index is 0.849. The molecule has 11 aromatic carbocycles. The molecule has 11 aromatic rings. The van der Waals surface area contributed by atoms with Gasteiger partial charge >= 0.3 is 0 Å². The van der Waals surface area contributed by atoms with Crippen LogP contribution in [0.3, 0.4) is 0 Å². The van der Waals surface area contributed by atoms with Crippen LogP contribution in [0.5, 0.6) is 57.5 Å². The van der Waals surface area contributed by atoms with E-state index in [2.05, 4.69) is 165 Å². The first-order valence-corrected chi connectivity index (χ1v) is 28.3. The number of fused-ring (bicyclic) bond motifs is 7. The lowest BCUT2D eigenvalue weighted by Crippen LogP contribution is -2.11. The average Bonchev–Trinajstić information content (AvgIpc) is 3.68. The van der Waals surface area contributed by atoms with E-state index in [1.807, 2.05) is 24.3 Å². The number of hydrogen-bond donors (Lipinski definition) is 0. The van der Waals surface area contributed by atoms with Gasteiger partial charge in [0.05, 0.1) is 42.2 Å². The molecular formula is C73H66O10. The third-order valence-corrected chi connectivity index (χ3v) is 15.8. The van der Waals surface area contributed by atoms with Crippen molar-refractivity contribution in [3.63, 3.8) is 0 Å². The van der Waals surface area contributed by atoms with Gasteiger partial charge in [-0.1, -0.05) is 128 Å². The normalized spacial score (nSPS) is 11.9. The fourth-order valence-corrected chi connectivity index (χ4v) is 11.8. The highest BCUT2D eigenvalue weighted by molar-refractivity contribution is 6.11. The molecule has 418 valence electrons. The van der Waals surface area contributed by atoms with Crippen LogP contribution in [-0.4, -0.2) is 68.6 Å². The Bertz CT molecular complexity index is 4000. The minimum atomic E-state index is 0.253. The van der Waals surface area contributed by atoms with Crippen molar-refractivity contribution in [3.05, 3.63) is 215 Å². The summed E-state index contributed by atoms with van der Waals surface area (Å²) >= 11 is 0. The first-order chi connectivity index (χ1) is 40.9. The summed E-state index contributed by atoms with van der Waals surface area (Å²) in [5.41, 5.74) is 10.5.